The summed E-state index contributed by atoms with van der Waals surface area (Å²) in [5.41, 5.74) is 2.57. The van der Waals surface area contributed by atoms with E-state index < -0.39 is 5.97 Å². The third kappa shape index (κ3) is 4.59. The molecule has 27 heavy (non-hydrogen) atoms. The second-order valence-electron chi connectivity index (χ2n) is 5.96. The number of carboxylic acids is 1. The van der Waals surface area contributed by atoms with Crippen molar-refractivity contribution < 1.29 is 19.7 Å². The lowest BCUT2D eigenvalue weighted by molar-refractivity contribution is -0.137. The average molecular weight is 404 g/mol. The molecule has 0 amide bonds. The first-order chi connectivity index (χ1) is 13.0. The van der Waals surface area contributed by atoms with Crippen molar-refractivity contribution >= 4 is 50.8 Å². The number of para-hydroxylation sites is 1. The molecule has 7 heteroatoms. The number of aliphatic carboxylic acids is 1. The predicted molar refractivity (Wildman–Crippen MR) is 109 cm³/mol. The minimum atomic E-state index is -0.826. The van der Waals surface area contributed by atoms with E-state index in [1.165, 1.54) is 7.11 Å². The standard InChI is InChI=1S/C20H18ClNO4S/c1-26-16-11-12(10-14(21)19(16)25)9-13(5-4-8-18(23)24)20-22-15-6-2-3-7-17(15)27-20/h2-3,6-7,9-11,25H,4-5,8H2,1H3,(H,23,24)/b13-9+. The Balaban J connectivity index is 2.02. The summed E-state index contributed by atoms with van der Waals surface area (Å²) in [5, 5.41) is 19.9. The van der Waals surface area contributed by atoms with Gasteiger partial charge in [0.2, 0.25) is 0 Å². The monoisotopic (exact) mass is 403 g/mol. The first-order valence-corrected chi connectivity index (χ1v) is 9.52. The lowest BCUT2D eigenvalue weighted by Gasteiger charge is -2.08. The van der Waals surface area contributed by atoms with Crippen molar-refractivity contribution in [3.05, 3.63) is 52.0 Å². The molecule has 0 saturated heterocycles. The molecule has 0 unspecified atom stereocenters. The molecule has 0 fully saturated rings. The number of phenolic OH excluding ortho intramolecular Hbond substituents is 1. The molecule has 0 aliphatic rings. The Kier molecular flexibility index (Phi) is 5.98. The summed E-state index contributed by atoms with van der Waals surface area (Å²) in [5.74, 6) is -0.653. The number of phenols is 1. The Morgan fingerprint density at radius 2 is 2.07 bits per heavy atom. The van der Waals surface area contributed by atoms with E-state index in [4.69, 9.17) is 21.4 Å². The van der Waals surface area contributed by atoms with Crippen LogP contribution >= 0.6 is 22.9 Å². The highest BCUT2D eigenvalue weighted by molar-refractivity contribution is 7.19. The van der Waals surface area contributed by atoms with E-state index in [0.717, 1.165) is 26.4 Å². The van der Waals surface area contributed by atoms with Crippen molar-refractivity contribution in [3.63, 3.8) is 0 Å². The molecular weight excluding hydrogens is 386 g/mol. The van der Waals surface area contributed by atoms with Crippen LogP contribution in [0.25, 0.3) is 21.9 Å². The van der Waals surface area contributed by atoms with Gasteiger partial charge in [0.1, 0.15) is 5.01 Å². The molecule has 3 aromatic rings. The van der Waals surface area contributed by atoms with Gasteiger partial charge in [-0.05, 0) is 54.3 Å². The number of allylic oxidation sites excluding steroid dienone is 1. The van der Waals surface area contributed by atoms with Gasteiger partial charge in [-0.2, -0.15) is 0 Å². The highest BCUT2D eigenvalue weighted by Crippen LogP contribution is 2.37. The van der Waals surface area contributed by atoms with E-state index in [1.54, 1.807) is 23.5 Å². The molecular formula is C20H18ClNO4S. The summed E-state index contributed by atoms with van der Waals surface area (Å²) in [6, 6.07) is 11.2. The van der Waals surface area contributed by atoms with Crippen LogP contribution in [0.2, 0.25) is 5.02 Å². The van der Waals surface area contributed by atoms with Gasteiger partial charge in [0, 0.05) is 6.42 Å². The van der Waals surface area contributed by atoms with Crippen LogP contribution in [0.15, 0.2) is 36.4 Å². The quantitative estimate of drug-likeness (QED) is 0.547. The molecule has 2 aromatic carbocycles. The molecule has 0 aliphatic carbocycles. The van der Waals surface area contributed by atoms with Crippen LogP contribution in [0, 0.1) is 0 Å². The SMILES string of the molecule is COc1cc(/C=C(\CCCC(=O)O)c2nc3ccccc3s2)cc(Cl)c1O. The van der Waals surface area contributed by atoms with Gasteiger partial charge in [-0.15, -0.1) is 11.3 Å². The molecule has 140 valence electrons. The third-order valence-electron chi connectivity index (χ3n) is 4.02. The van der Waals surface area contributed by atoms with Crippen LogP contribution in [0.4, 0.5) is 0 Å². The number of aromatic nitrogens is 1. The number of rotatable bonds is 7. The molecule has 5 nitrogen and oxygen atoms in total. The molecule has 3 rings (SSSR count). The number of carbonyl (C=O) groups is 1. The van der Waals surface area contributed by atoms with Gasteiger partial charge in [-0.25, -0.2) is 4.98 Å². The minimum Gasteiger partial charge on any atom is -0.503 e. The highest BCUT2D eigenvalue weighted by Gasteiger charge is 2.13. The molecule has 0 atom stereocenters. The number of methoxy groups -OCH3 is 1. The number of benzene rings is 2. The van der Waals surface area contributed by atoms with E-state index in [-0.39, 0.29) is 22.9 Å². The molecule has 0 saturated carbocycles. The summed E-state index contributed by atoms with van der Waals surface area (Å²) >= 11 is 7.65. The second kappa shape index (κ2) is 8.41. The lowest BCUT2D eigenvalue weighted by Crippen LogP contribution is -1.95. The largest absolute Gasteiger partial charge is 0.503 e. The smallest absolute Gasteiger partial charge is 0.303 e. The van der Waals surface area contributed by atoms with Gasteiger partial charge in [-0.3, -0.25) is 4.79 Å². The van der Waals surface area contributed by atoms with Gasteiger partial charge in [0.25, 0.3) is 0 Å². The highest BCUT2D eigenvalue weighted by atomic mass is 35.5. The molecule has 0 spiro atoms. The van der Waals surface area contributed by atoms with Gasteiger partial charge in [0.15, 0.2) is 11.5 Å². The maximum atomic E-state index is 10.9. The third-order valence-corrected chi connectivity index (χ3v) is 5.42. The number of nitrogens with zero attached hydrogens (tertiary/aromatic N) is 1. The van der Waals surface area contributed by atoms with E-state index in [0.29, 0.717) is 12.8 Å². The van der Waals surface area contributed by atoms with Gasteiger partial charge < -0.3 is 14.9 Å². The first kappa shape index (κ1) is 19.2. The maximum absolute atomic E-state index is 10.9. The zero-order valence-electron chi connectivity index (χ0n) is 14.6. The number of carboxylic acid groups (broad SMARTS) is 1. The van der Waals surface area contributed by atoms with Crippen molar-refractivity contribution in [2.75, 3.05) is 7.11 Å². The van der Waals surface area contributed by atoms with Gasteiger partial charge in [0.05, 0.1) is 22.3 Å². The Hall–Kier alpha value is -2.57. The zero-order chi connectivity index (χ0) is 19.4. The van der Waals surface area contributed by atoms with E-state index in [1.807, 2.05) is 30.3 Å². The normalized spacial score (nSPS) is 11.7. The fourth-order valence-electron chi connectivity index (χ4n) is 2.71. The predicted octanol–water partition coefficient (Wildman–Crippen LogP) is 5.46. The van der Waals surface area contributed by atoms with Crippen molar-refractivity contribution in [1.82, 2.24) is 4.98 Å². The second-order valence-corrected chi connectivity index (χ2v) is 7.40. The molecule has 0 radical (unpaired) electrons. The average Bonchev–Trinajstić information content (AvgIpc) is 3.07. The van der Waals surface area contributed by atoms with E-state index in [9.17, 15) is 9.90 Å². The summed E-state index contributed by atoms with van der Waals surface area (Å²) in [4.78, 5) is 15.6. The topological polar surface area (TPSA) is 79.7 Å². The van der Waals surface area contributed by atoms with Crippen LogP contribution in [0.5, 0.6) is 11.5 Å². The van der Waals surface area contributed by atoms with Gasteiger partial charge >= 0.3 is 5.97 Å². The van der Waals surface area contributed by atoms with Crippen LogP contribution in [-0.2, 0) is 4.79 Å². The molecule has 2 N–H and O–H groups in total. The van der Waals surface area contributed by atoms with Crippen LogP contribution in [0.1, 0.15) is 29.8 Å². The number of ether oxygens (including phenoxy) is 1. The number of halogens is 1. The Morgan fingerprint density at radius 1 is 1.30 bits per heavy atom. The van der Waals surface area contributed by atoms with E-state index in [2.05, 4.69) is 4.98 Å². The zero-order valence-corrected chi connectivity index (χ0v) is 16.2. The first-order valence-electron chi connectivity index (χ1n) is 8.32. The number of fused-ring (bicyclic) bond motifs is 1. The molecule has 0 aliphatic heterocycles. The number of hydrogen-bond acceptors (Lipinski definition) is 5. The summed E-state index contributed by atoms with van der Waals surface area (Å²) in [6.45, 7) is 0. The lowest BCUT2D eigenvalue weighted by atomic mass is 10.0. The number of aromatic hydroxyl groups is 1. The van der Waals surface area contributed by atoms with E-state index >= 15 is 0 Å². The number of hydrogen-bond donors (Lipinski definition) is 2. The fourth-order valence-corrected chi connectivity index (χ4v) is 3.94. The Morgan fingerprint density at radius 3 is 2.78 bits per heavy atom. The van der Waals surface area contributed by atoms with Crippen molar-refractivity contribution in [3.8, 4) is 11.5 Å². The van der Waals surface area contributed by atoms with Crippen LogP contribution in [-0.4, -0.2) is 28.3 Å². The summed E-state index contributed by atoms with van der Waals surface area (Å²) < 4.78 is 6.23. The van der Waals surface area contributed by atoms with Crippen LogP contribution in [0.3, 0.4) is 0 Å². The van der Waals surface area contributed by atoms with Crippen molar-refractivity contribution in [2.24, 2.45) is 0 Å². The molecule has 1 aromatic heterocycles. The van der Waals surface area contributed by atoms with Crippen molar-refractivity contribution in [1.29, 1.82) is 0 Å². The molecule has 1 heterocycles. The Labute approximate surface area is 165 Å². The summed E-state index contributed by atoms with van der Waals surface area (Å²) in [6.07, 6.45) is 3.06. The summed E-state index contributed by atoms with van der Waals surface area (Å²) in [7, 11) is 1.46. The molecule has 0 bridgehead atoms. The van der Waals surface area contributed by atoms with Gasteiger partial charge in [-0.1, -0.05) is 23.7 Å². The minimum absolute atomic E-state index is 0.0852. The Bertz CT molecular complexity index is 979. The van der Waals surface area contributed by atoms with Crippen LogP contribution < -0.4 is 4.74 Å². The maximum Gasteiger partial charge on any atom is 0.303 e. The fraction of sp³-hybridized carbons (Fsp3) is 0.200. The number of thiazole rings is 1. The van der Waals surface area contributed by atoms with Crippen molar-refractivity contribution in [2.45, 2.75) is 19.3 Å².